The summed E-state index contributed by atoms with van der Waals surface area (Å²) in [6.07, 6.45) is 2.61. The van der Waals surface area contributed by atoms with Crippen LogP contribution in [-0.2, 0) is 0 Å². The number of piperidine rings is 1. The van der Waals surface area contributed by atoms with E-state index in [-0.39, 0.29) is 0 Å². The Hall–Kier alpha value is -1.22. The van der Waals surface area contributed by atoms with Crippen LogP contribution in [0.3, 0.4) is 0 Å². The summed E-state index contributed by atoms with van der Waals surface area (Å²) in [7, 11) is 6.43. The van der Waals surface area contributed by atoms with Gasteiger partial charge in [-0.1, -0.05) is 6.07 Å². The molecular weight excluding hydrogens is 246 g/mol. The van der Waals surface area contributed by atoms with E-state index in [0.717, 1.165) is 5.92 Å². The normalized spacial score (nSPS) is 18.9. The lowest BCUT2D eigenvalue weighted by atomic mass is 9.90. The van der Waals surface area contributed by atoms with Gasteiger partial charge in [0.15, 0.2) is 0 Å². The van der Waals surface area contributed by atoms with Gasteiger partial charge in [-0.3, -0.25) is 0 Å². The summed E-state index contributed by atoms with van der Waals surface area (Å²) >= 11 is 0. The van der Waals surface area contributed by atoms with Gasteiger partial charge >= 0.3 is 0 Å². The van der Waals surface area contributed by atoms with Crippen LogP contribution >= 0.6 is 0 Å². The van der Waals surface area contributed by atoms with Crippen molar-refractivity contribution in [1.29, 1.82) is 0 Å². The standard InChI is InChI=1S/C17H29N3/c1-13-6-7-16(12-17(13)19(3)4)18-14(2)15-8-10-20(5)11-9-15/h6-7,12,14-15,18H,8-11H2,1-5H3. The topological polar surface area (TPSA) is 18.5 Å². The van der Waals surface area contributed by atoms with Crippen LogP contribution in [-0.4, -0.2) is 45.2 Å². The maximum absolute atomic E-state index is 3.70. The first-order valence-electron chi connectivity index (χ1n) is 7.70. The number of likely N-dealkylation sites (tertiary alicyclic amines) is 1. The Morgan fingerprint density at radius 3 is 2.50 bits per heavy atom. The lowest BCUT2D eigenvalue weighted by molar-refractivity contribution is 0.208. The zero-order valence-electron chi connectivity index (χ0n) is 13.6. The van der Waals surface area contributed by atoms with Crippen LogP contribution in [0.15, 0.2) is 18.2 Å². The molecule has 0 radical (unpaired) electrons. The minimum Gasteiger partial charge on any atom is -0.382 e. The third kappa shape index (κ3) is 3.66. The molecule has 20 heavy (non-hydrogen) atoms. The van der Waals surface area contributed by atoms with Crippen LogP contribution in [0.1, 0.15) is 25.3 Å². The van der Waals surface area contributed by atoms with E-state index in [1.807, 2.05) is 0 Å². The highest BCUT2D eigenvalue weighted by Crippen LogP contribution is 2.26. The second-order valence-corrected chi connectivity index (χ2v) is 6.47. The van der Waals surface area contributed by atoms with Gasteiger partial charge in [-0.05, 0) is 70.4 Å². The van der Waals surface area contributed by atoms with E-state index >= 15 is 0 Å². The predicted molar refractivity (Wildman–Crippen MR) is 88.8 cm³/mol. The molecule has 1 heterocycles. The van der Waals surface area contributed by atoms with Crippen LogP contribution < -0.4 is 10.2 Å². The summed E-state index contributed by atoms with van der Waals surface area (Å²) < 4.78 is 0. The molecule has 0 aliphatic carbocycles. The highest BCUT2D eigenvalue weighted by molar-refractivity contribution is 5.62. The molecule has 1 aromatic rings. The number of rotatable bonds is 4. The molecule has 1 atom stereocenters. The maximum atomic E-state index is 3.70. The van der Waals surface area contributed by atoms with E-state index < -0.39 is 0 Å². The first-order chi connectivity index (χ1) is 9.47. The molecule has 1 aliphatic heterocycles. The fourth-order valence-corrected chi connectivity index (χ4v) is 3.09. The summed E-state index contributed by atoms with van der Waals surface area (Å²) in [6, 6.07) is 7.22. The molecule has 1 saturated heterocycles. The average molecular weight is 275 g/mol. The van der Waals surface area contributed by atoms with Gasteiger partial charge in [-0.15, -0.1) is 0 Å². The van der Waals surface area contributed by atoms with Crippen molar-refractivity contribution in [2.45, 2.75) is 32.7 Å². The van der Waals surface area contributed by atoms with Gasteiger partial charge in [0, 0.05) is 31.5 Å². The third-order valence-corrected chi connectivity index (χ3v) is 4.56. The van der Waals surface area contributed by atoms with Gasteiger partial charge in [0.1, 0.15) is 0 Å². The van der Waals surface area contributed by atoms with Crippen molar-refractivity contribution in [3.63, 3.8) is 0 Å². The monoisotopic (exact) mass is 275 g/mol. The number of anilines is 2. The number of nitrogens with zero attached hydrogens (tertiary/aromatic N) is 2. The molecule has 0 amide bonds. The summed E-state index contributed by atoms with van der Waals surface area (Å²) in [6.45, 7) is 6.95. The number of nitrogens with one attached hydrogen (secondary N) is 1. The fourth-order valence-electron chi connectivity index (χ4n) is 3.09. The summed E-state index contributed by atoms with van der Waals surface area (Å²) in [5, 5.41) is 3.70. The Morgan fingerprint density at radius 2 is 1.90 bits per heavy atom. The summed E-state index contributed by atoms with van der Waals surface area (Å²) in [5.41, 5.74) is 3.86. The smallest absolute Gasteiger partial charge is 0.0411 e. The Morgan fingerprint density at radius 1 is 1.25 bits per heavy atom. The first kappa shape index (κ1) is 15.2. The summed E-state index contributed by atoms with van der Waals surface area (Å²) in [4.78, 5) is 4.61. The van der Waals surface area contributed by atoms with Crippen molar-refractivity contribution in [2.24, 2.45) is 5.92 Å². The lowest BCUT2D eigenvalue weighted by Crippen LogP contribution is -2.37. The van der Waals surface area contributed by atoms with Crippen LogP contribution in [0.2, 0.25) is 0 Å². The van der Waals surface area contributed by atoms with E-state index in [1.54, 1.807) is 0 Å². The van der Waals surface area contributed by atoms with Crippen LogP contribution in [0.4, 0.5) is 11.4 Å². The third-order valence-electron chi connectivity index (χ3n) is 4.56. The van der Waals surface area contributed by atoms with Gasteiger partial charge in [-0.25, -0.2) is 0 Å². The van der Waals surface area contributed by atoms with Gasteiger partial charge < -0.3 is 15.1 Å². The average Bonchev–Trinajstić information content (AvgIpc) is 2.41. The minimum absolute atomic E-state index is 0.543. The highest BCUT2D eigenvalue weighted by Gasteiger charge is 2.22. The first-order valence-corrected chi connectivity index (χ1v) is 7.70. The number of benzene rings is 1. The molecule has 3 heteroatoms. The molecule has 0 saturated carbocycles. The molecule has 1 N–H and O–H groups in total. The van der Waals surface area contributed by atoms with E-state index in [2.05, 4.69) is 68.3 Å². The van der Waals surface area contributed by atoms with Crippen molar-refractivity contribution >= 4 is 11.4 Å². The van der Waals surface area contributed by atoms with Crippen molar-refractivity contribution in [2.75, 3.05) is 44.4 Å². The van der Waals surface area contributed by atoms with Crippen molar-refractivity contribution in [1.82, 2.24) is 4.90 Å². The van der Waals surface area contributed by atoms with Gasteiger partial charge in [0.2, 0.25) is 0 Å². The van der Waals surface area contributed by atoms with Crippen LogP contribution in [0.25, 0.3) is 0 Å². The predicted octanol–water partition coefficient (Wildman–Crippen LogP) is 3.20. The van der Waals surface area contributed by atoms with E-state index in [4.69, 9.17) is 0 Å². The number of hydrogen-bond donors (Lipinski definition) is 1. The SMILES string of the molecule is Cc1ccc(NC(C)C2CCN(C)CC2)cc1N(C)C. The zero-order valence-corrected chi connectivity index (χ0v) is 13.6. The molecule has 0 bridgehead atoms. The highest BCUT2D eigenvalue weighted by atomic mass is 15.1. The number of hydrogen-bond acceptors (Lipinski definition) is 3. The Labute approximate surface area is 124 Å². The molecule has 0 spiro atoms. The summed E-state index contributed by atoms with van der Waals surface area (Å²) in [5.74, 6) is 0.787. The second kappa shape index (κ2) is 6.49. The molecule has 1 fully saturated rings. The van der Waals surface area contributed by atoms with E-state index in [1.165, 1.54) is 42.9 Å². The quantitative estimate of drug-likeness (QED) is 0.910. The molecule has 3 nitrogen and oxygen atoms in total. The fraction of sp³-hybridized carbons (Fsp3) is 0.647. The Balaban J connectivity index is 2.00. The molecule has 1 unspecified atom stereocenters. The maximum Gasteiger partial charge on any atom is 0.0411 e. The number of aryl methyl sites for hydroxylation is 1. The Kier molecular flexibility index (Phi) is 4.92. The van der Waals surface area contributed by atoms with Crippen molar-refractivity contribution in [3.05, 3.63) is 23.8 Å². The van der Waals surface area contributed by atoms with Crippen molar-refractivity contribution in [3.8, 4) is 0 Å². The van der Waals surface area contributed by atoms with Gasteiger partial charge in [0.25, 0.3) is 0 Å². The lowest BCUT2D eigenvalue weighted by Gasteiger charge is -2.33. The van der Waals surface area contributed by atoms with Crippen molar-refractivity contribution < 1.29 is 0 Å². The van der Waals surface area contributed by atoms with Gasteiger partial charge in [-0.2, -0.15) is 0 Å². The van der Waals surface area contributed by atoms with E-state index in [9.17, 15) is 0 Å². The molecule has 2 rings (SSSR count). The molecule has 0 aromatic heterocycles. The molecular formula is C17H29N3. The zero-order chi connectivity index (χ0) is 14.7. The van der Waals surface area contributed by atoms with Gasteiger partial charge in [0.05, 0.1) is 0 Å². The molecule has 112 valence electrons. The second-order valence-electron chi connectivity index (χ2n) is 6.47. The largest absolute Gasteiger partial charge is 0.382 e. The Bertz CT molecular complexity index is 434. The minimum atomic E-state index is 0.543. The molecule has 1 aromatic carbocycles. The van der Waals surface area contributed by atoms with E-state index in [0.29, 0.717) is 6.04 Å². The van der Waals surface area contributed by atoms with Crippen LogP contribution in [0, 0.1) is 12.8 Å². The molecule has 1 aliphatic rings. The van der Waals surface area contributed by atoms with Crippen LogP contribution in [0.5, 0.6) is 0 Å².